The Morgan fingerprint density at radius 2 is 2.10 bits per heavy atom. The summed E-state index contributed by atoms with van der Waals surface area (Å²) in [6.07, 6.45) is 3.35. The number of hydrogen-bond acceptors (Lipinski definition) is 4. The fourth-order valence-electron chi connectivity index (χ4n) is 2.34. The molecule has 1 fully saturated rings. The van der Waals surface area contributed by atoms with Gasteiger partial charge < -0.3 is 9.64 Å². The van der Waals surface area contributed by atoms with Gasteiger partial charge in [0.25, 0.3) is 0 Å². The molecule has 1 atom stereocenters. The first-order valence-electron chi connectivity index (χ1n) is 6.61. The number of methoxy groups -OCH3 is 1. The lowest BCUT2D eigenvalue weighted by Crippen LogP contribution is -2.26. The molecule has 1 heterocycles. The number of anilines is 1. The molecule has 1 unspecified atom stereocenters. The maximum atomic E-state index is 12.0. The zero-order valence-electron chi connectivity index (χ0n) is 11.8. The lowest BCUT2D eigenvalue weighted by atomic mass is 10.1. The maximum absolute atomic E-state index is 12.0. The van der Waals surface area contributed by atoms with Gasteiger partial charge in [0.2, 0.25) is 5.91 Å². The van der Waals surface area contributed by atoms with Gasteiger partial charge in [-0.3, -0.25) is 9.59 Å². The van der Waals surface area contributed by atoms with Crippen LogP contribution in [0, 0.1) is 5.92 Å². The van der Waals surface area contributed by atoms with Crippen LogP contribution in [-0.2, 0) is 20.7 Å². The Kier molecular flexibility index (Phi) is 5.06. The average Bonchev–Trinajstić information content (AvgIpc) is 2.87. The molecule has 5 heteroatoms. The molecule has 1 aliphatic rings. The predicted molar refractivity (Wildman–Crippen MR) is 81.0 cm³/mol. The van der Waals surface area contributed by atoms with Crippen molar-refractivity contribution in [1.82, 2.24) is 0 Å². The minimum atomic E-state index is -0.344. The SMILES string of the molecule is COC(=O)C1CC(=O)N(c2ccc(CCSC)cc2)C1. The van der Waals surface area contributed by atoms with Crippen LogP contribution in [0.25, 0.3) is 0 Å². The summed E-state index contributed by atoms with van der Waals surface area (Å²) in [5.74, 6) is 0.422. The van der Waals surface area contributed by atoms with E-state index in [1.165, 1.54) is 12.7 Å². The summed E-state index contributed by atoms with van der Waals surface area (Å²) in [4.78, 5) is 25.1. The van der Waals surface area contributed by atoms with E-state index in [-0.39, 0.29) is 24.2 Å². The largest absolute Gasteiger partial charge is 0.469 e. The molecule has 0 aromatic heterocycles. The van der Waals surface area contributed by atoms with Gasteiger partial charge >= 0.3 is 5.97 Å². The molecule has 2 rings (SSSR count). The van der Waals surface area contributed by atoms with Gasteiger partial charge in [-0.25, -0.2) is 0 Å². The Bertz CT molecular complexity index is 486. The number of ether oxygens (including phenoxy) is 1. The molecule has 0 spiro atoms. The summed E-state index contributed by atoms with van der Waals surface area (Å²) in [5, 5.41) is 0. The molecule has 1 aromatic rings. The van der Waals surface area contributed by atoms with Crippen LogP contribution in [-0.4, -0.2) is 37.5 Å². The van der Waals surface area contributed by atoms with E-state index in [1.54, 1.807) is 4.90 Å². The van der Waals surface area contributed by atoms with Crippen molar-refractivity contribution in [3.8, 4) is 0 Å². The Labute approximate surface area is 123 Å². The lowest BCUT2D eigenvalue weighted by molar-refractivity contribution is -0.145. The third-order valence-corrected chi connectivity index (χ3v) is 4.11. The summed E-state index contributed by atoms with van der Waals surface area (Å²) in [6, 6.07) is 8.00. The Hall–Kier alpha value is -1.49. The third-order valence-electron chi connectivity index (χ3n) is 3.50. The molecule has 4 nitrogen and oxygen atoms in total. The quantitative estimate of drug-likeness (QED) is 0.780. The molecule has 1 amide bonds. The predicted octanol–water partition coefficient (Wildman–Crippen LogP) is 2.12. The van der Waals surface area contributed by atoms with Crippen LogP contribution < -0.4 is 4.90 Å². The van der Waals surface area contributed by atoms with E-state index in [0.29, 0.717) is 6.54 Å². The van der Waals surface area contributed by atoms with Crippen LogP contribution in [0.1, 0.15) is 12.0 Å². The number of hydrogen-bond donors (Lipinski definition) is 0. The monoisotopic (exact) mass is 293 g/mol. The number of nitrogens with zero attached hydrogens (tertiary/aromatic N) is 1. The van der Waals surface area contributed by atoms with E-state index in [2.05, 4.69) is 6.26 Å². The number of carbonyl (C=O) groups is 2. The standard InChI is InChI=1S/C15H19NO3S/c1-19-15(18)12-9-14(17)16(10-12)13-5-3-11(4-6-13)7-8-20-2/h3-6,12H,7-10H2,1-2H3. The molecule has 1 aromatic carbocycles. The number of thioether (sulfide) groups is 1. The van der Waals surface area contributed by atoms with E-state index in [1.807, 2.05) is 36.0 Å². The number of aryl methyl sites for hydroxylation is 1. The Balaban J connectivity index is 2.04. The van der Waals surface area contributed by atoms with Gasteiger partial charge in [-0.2, -0.15) is 11.8 Å². The summed E-state index contributed by atoms with van der Waals surface area (Å²) >= 11 is 1.82. The summed E-state index contributed by atoms with van der Waals surface area (Å²) < 4.78 is 4.71. The summed E-state index contributed by atoms with van der Waals surface area (Å²) in [7, 11) is 1.36. The Morgan fingerprint density at radius 1 is 1.40 bits per heavy atom. The molecule has 108 valence electrons. The highest BCUT2D eigenvalue weighted by molar-refractivity contribution is 7.98. The van der Waals surface area contributed by atoms with Gasteiger partial charge in [0.1, 0.15) is 0 Å². The topological polar surface area (TPSA) is 46.6 Å². The number of carbonyl (C=O) groups excluding carboxylic acids is 2. The molecule has 0 saturated carbocycles. The molecule has 20 heavy (non-hydrogen) atoms. The van der Waals surface area contributed by atoms with Crippen LogP contribution in [0.2, 0.25) is 0 Å². The smallest absolute Gasteiger partial charge is 0.311 e. The third kappa shape index (κ3) is 3.33. The van der Waals surface area contributed by atoms with E-state index >= 15 is 0 Å². The molecule has 1 aliphatic heterocycles. The molecule has 0 N–H and O–H groups in total. The first kappa shape index (κ1) is 14.9. The van der Waals surface area contributed by atoms with Crippen LogP contribution >= 0.6 is 11.8 Å². The highest BCUT2D eigenvalue weighted by Crippen LogP contribution is 2.26. The number of benzene rings is 1. The normalized spacial score (nSPS) is 18.4. The lowest BCUT2D eigenvalue weighted by Gasteiger charge is -2.16. The van der Waals surface area contributed by atoms with E-state index in [0.717, 1.165) is 17.9 Å². The maximum Gasteiger partial charge on any atom is 0.311 e. The number of amides is 1. The van der Waals surface area contributed by atoms with Gasteiger partial charge in [-0.15, -0.1) is 0 Å². The van der Waals surface area contributed by atoms with Crippen molar-refractivity contribution in [2.45, 2.75) is 12.8 Å². The number of rotatable bonds is 5. The number of esters is 1. The van der Waals surface area contributed by atoms with Crippen molar-refractivity contribution >= 4 is 29.3 Å². The molecular formula is C15H19NO3S. The molecule has 1 saturated heterocycles. The van der Waals surface area contributed by atoms with E-state index < -0.39 is 0 Å². The minimum Gasteiger partial charge on any atom is -0.469 e. The van der Waals surface area contributed by atoms with E-state index in [9.17, 15) is 9.59 Å². The molecule has 0 radical (unpaired) electrons. The molecule has 0 bridgehead atoms. The van der Waals surface area contributed by atoms with Crippen molar-refractivity contribution in [2.24, 2.45) is 5.92 Å². The fourth-order valence-corrected chi connectivity index (χ4v) is 2.78. The van der Waals surface area contributed by atoms with Crippen molar-refractivity contribution in [2.75, 3.05) is 30.6 Å². The second-order valence-corrected chi connectivity index (χ2v) is 5.82. The second-order valence-electron chi connectivity index (χ2n) is 4.84. The zero-order valence-corrected chi connectivity index (χ0v) is 12.6. The van der Waals surface area contributed by atoms with E-state index in [4.69, 9.17) is 4.74 Å². The fraction of sp³-hybridized carbons (Fsp3) is 0.467. The van der Waals surface area contributed by atoms with Crippen LogP contribution in [0.15, 0.2) is 24.3 Å². The van der Waals surface area contributed by atoms with Gasteiger partial charge in [-0.1, -0.05) is 12.1 Å². The van der Waals surface area contributed by atoms with Crippen molar-refractivity contribution in [3.63, 3.8) is 0 Å². The zero-order chi connectivity index (χ0) is 14.5. The first-order chi connectivity index (χ1) is 9.65. The van der Waals surface area contributed by atoms with Gasteiger partial charge in [0.15, 0.2) is 0 Å². The Morgan fingerprint density at radius 3 is 2.70 bits per heavy atom. The van der Waals surface area contributed by atoms with Gasteiger partial charge in [0, 0.05) is 18.7 Å². The summed E-state index contributed by atoms with van der Waals surface area (Å²) in [5.41, 5.74) is 2.12. The van der Waals surface area contributed by atoms with Crippen LogP contribution in [0.4, 0.5) is 5.69 Å². The molecule has 0 aliphatic carbocycles. The second kappa shape index (κ2) is 6.79. The highest BCUT2D eigenvalue weighted by atomic mass is 32.2. The summed E-state index contributed by atoms with van der Waals surface area (Å²) in [6.45, 7) is 0.412. The van der Waals surface area contributed by atoms with Crippen molar-refractivity contribution < 1.29 is 14.3 Å². The highest BCUT2D eigenvalue weighted by Gasteiger charge is 2.35. The van der Waals surface area contributed by atoms with Crippen LogP contribution in [0.5, 0.6) is 0 Å². The average molecular weight is 293 g/mol. The minimum absolute atomic E-state index is 0.0164. The first-order valence-corrected chi connectivity index (χ1v) is 8.01. The molecular weight excluding hydrogens is 274 g/mol. The van der Waals surface area contributed by atoms with Crippen molar-refractivity contribution in [3.05, 3.63) is 29.8 Å². The van der Waals surface area contributed by atoms with Gasteiger partial charge in [-0.05, 0) is 36.1 Å². The van der Waals surface area contributed by atoms with Crippen LogP contribution in [0.3, 0.4) is 0 Å². The van der Waals surface area contributed by atoms with Gasteiger partial charge in [0.05, 0.1) is 13.0 Å². The van der Waals surface area contributed by atoms with Crippen molar-refractivity contribution in [1.29, 1.82) is 0 Å².